The molecule has 1 aromatic carbocycles. The lowest BCUT2D eigenvalue weighted by atomic mass is 10.1. The quantitative estimate of drug-likeness (QED) is 0.669. The van der Waals surface area contributed by atoms with Crippen molar-refractivity contribution in [2.24, 2.45) is 5.10 Å². The third kappa shape index (κ3) is 3.73. The topological polar surface area (TPSA) is 73.3 Å². The number of rotatable bonds is 2. The number of benzene rings is 1. The number of aromatic nitrogens is 2. The van der Waals surface area contributed by atoms with Crippen LogP contribution in [0.1, 0.15) is 16.8 Å². The molecule has 0 amide bonds. The number of nitrogen functional groups attached to an aromatic ring is 1. The molecule has 1 aromatic heterocycles. The Bertz CT molecular complexity index is 838. The van der Waals surface area contributed by atoms with E-state index in [2.05, 4.69) is 10.1 Å². The molecule has 0 saturated heterocycles. The summed E-state index contributed by atoms with van der Waals surface area (Å²) in [5.41, 5.74) is 1.000. The summed E-state index contributed by atoms with van der Waals surface area (Å²) in [5, 5.41) is 3.40. The van der Waals surface area contributed by atoms with Crippen LogP contribution in [0, 0.1) is 0 Å². The molecule has 2 N–H and O–H groups in total. The van der Waals surface area contributed by atoms with Gasteiger partial charge in [0, 0.05) is 11.6 Å². The molecule has 0 aliphatic rings. The first-order chi connectivity index (χ1) is 11.0. The number of halogens is 6. The number of nitrogens with two attached hydrogens (primary N) is 1. The Hall–Kier alpha value is -2.85. The Morgan fingerprint density at radius 2 is 1.71 bits per heavy atom. The van der Waals surface area contributed by atoms with Crippen LogP contribution in [0.4, 0.5) is 32.3 Å². The smallest absolute Gasteiger partial charge is 0.368 e. The van der Waals surface area contributed by atoms with Crippen LogP contribution in [0.15, 0.2) is 40.2 Å². The molecule has 128 valence electrons. The van der Waals surface area contributed by atoms with Crippen molar-refractivity contribution in [3.05, 3.63) is 57.5 Å². The summed E-state index contributed by atoms with van der Waals surface area (Å²) in [6, 6.07) is 4.46. The standard InChI is InChI=1S/C13H8F6N4O/c14-12(15,16)8-4-2-1-3-7(8)6-21-23-10(24)5-9(13(17,18)19)22-11(23)20/h1-6H,(H2,20,22). The van der Waals surface area contributed by atoms with Gasteiger partial charge in [-0.15, -0.1) is 0 Å². The third-order valence-electron chi connectivity index (χ3n) is 2.79. The van der Waals surface area contributed by atoms with Crippen molar-refractivity contribution in [1.82, 2.24) is 9.66 Å². The van der Waals surface area contributed by atoms with E-state index in [9.17, 15) is 31.1 Å². The highest BCUT2D eigenvalue weighted by molar-refractivity contribution is 5.82. The van der Waals surface area contributed by atoms with Gasteiger partial charge in [0.25, 0.3) is 5.56 Å². The molecule has 0 fully saturated rings. The summed E-state index contributed by atoms with van der Waals surface area (Å²) in [4.78, 5) is 14.6. The highest BCUT2D eigenvalue weighted by Gasteiger charge is 2.34. The maximum absolute atomic E-state index is 12.8. The normalized spacial score (nSPS) is 12.8. The second-order valence-electron chi connectivity index (χ2n) is 4.48. The van der Waals surface area contributed by atoms with Crippen LogP contribution in [0.25, 0.3) is 0 Å². The molecule has 0 radical (unpaired) electrons. The summed E-state index contributed by atoms with van der Waals surface area (Å²) in [7, 11) is 0. The van der Waals surface area contributed by atoms with E-state index in [1.54, 1.807) is 0 Å². The van der Waals surface area contributed by atoms with Crippen molar-refractivity contribution >= 4 is 12.2 Å². The highest BCUT2D eigenvalue weighted by Crippen LogP contribution is 2.31. The molecular formula is C13H8F6N4O. The summed E-state index contributed by atoms with van der Waals surface area (Å²) < 4.78 is 76.2. The maximum atomic E-state index is 12.8. The van der Waals surface area contributed by atoms with Crippen LogP contribution in [0.3, 0.4) is 0 Å². The third-order valence-corrected chi connectivity index (χ3v) is 2.79. The molecule has 0 unspecified atom stereocenters. The Morgan fingerprint density at radius 3 is 2.25 bits per heavy atom. The Morgan fingerprint density at radius 1 is 1.08 bits per heavy atom. The highest BCUT2D eigenvalue weighted by atomic mass is 19.4. The van der Waals surface area contributed by atoms with Gasteiger partial charge in [0.1, 0.15) is 0 Å². The molecule has 2 rings (SSSR count). The number of nitrogens with zero attached hydrogens (tertiary/aromatic N) is 3. The van der Waals surface area contributed by atoms with Gasteiger partial charge in [-0.05, 0) is 6.07 Å². The number of alkyl halides is 6. The molecular weight excluding hydrogens is 342 g/mol. The van der Waals surface area contributed by atoms with Crippen LogP contribution >= 0.6 is 0 Å². The average molecular weight is 350 g/mol. The molecule has 11 heteroatoms. The minimum absolute atomic E-state index is 0.142. The van der Waals surface area contributed by atoms with Gasteiger partial charge in [0.15, 0.2) is 5.69 Å². The van der Waals surface area contributed by atoms with E-state index in [0.717, 1.165) is 18.2 Å². The molecule has 0 aliphatic heterocycles. The fourth-order valence-corrected chi connectivity index (χ4v) is 1.74. The SMILES string of the molecule is Nc1nc(C(F)(F)F)cc(=O)n1N=Cc1ccccc1C(F)(F)F. The molecule has 0 atom stereocenters. The fraction of sp³-hybridized carbons (Fsp3) is 0.154. The van der Waals surface area contributed by atoms with Crippen LogP contribution in [-0.2, 0) is 12.4 Å². The lowest BCUT2D eigenvalue weighted by molar-refractivity contribution is -0.141. The molecule has 24 heavy (non-hydrogen) atoms. The van der Waals surface area contributed by atoms with Gasteiger partial charge in [-0.3, -0.25) is 4.79 Å². The molecule has 0 spiro atoms. The first-order valence-corrected chi connectivity index (χ1v) is 6.17. The Kier molecular flexibility index (Phi) is 4.36. The van der Waals surface area contributed by atoms with Gasteiger partial charge < -0.3 is 5.73 Å². The lowest BCUT2D eigenvalue weighted by Gasteiger charge is -2.10. The van der Waals surface area contributed by atoms with Gasteiger partial charge in [-0.25, -0.2) is 4.98 Å². The zero-order chi connectivity index (χ0) is 18.1. The predicted molar refractivity (Wildman–Crippen MR) is 72.3 cm³/mol. The van der Waals surface area contributed by atoms with Gasteiger partial charge in [0.2, 0.25) is 5.95 Å². The largest absolute Gasteiger partial charge is 0.433 e. The van der Waals surface area contributed by atoms with Crippen LogP contribution in [0.2, 0.25) is 0 Å². The van der Waals surface area contributed by atoms with Crippen molar-refractivity contribution in [3.63, 3.8) is 0 Å². The second kappa shape index (κ2) is 5.98. The monoisotopic (exact) mass is 350 g/mol. The molecule has 0 bridgehead atoms. The van der Waals surface area contributed by atoms with Crippen molar-refractivity contribution < 1.29 is 26.3 Å². The zero-order valence-corrected chi connectivity index (χ0v) is 11.6. The average Bonchev–Trinajstić information content (AvgIpc) is 2.44. The van der Waals surface area contributed by atoms with E-state index in [-0.39, 0.29) is 10.7 Å². The van der Waals surface area contributed by atoms with Gasteiger partial charge in [-0.2, -0.15) is 36.1 Å². The number of anilines is 1. The minimum Gasteiger partial charge on any atom is -0.368 e. The summed E-state index contributed by atoms with van der Waals surface area (Å²) in [6.07, 6.45) is -8.90. The van der Waals surface area contributed by atoms with Gasteiger partial charge >= 0.3 is 12.4 Å². The van der Waals surface area contributed by atoms with Crippen molar-refractivity contribution in [1.29, 1.82) is 0 Å². The molecule has 2 aromatic rings. The fourth-order valence-electron chi connectivity index (χ4n) is 1.74. The maximum Gasteiger partial charge on any atom is 0.433 e. The molecule has 1 heterocycles. The number of hydrogen-bond donors (Lipinski definition) is 1. The van der Waals surface area contributed by atoms with E-state index in [1.165, 1.54) is 6.07 Å². The first-order valence-electron chi connectivity index (χ1n) is 6.17. The summed E-state index contributed by atoms with van der Waals surface area (Å²) >= 11 is 0. The van der Waals surface area contributed by atoms with E-state index in [0.29, 0.717) is 6.21 Å². The Labute approximate surface area is 130 Å². The van der Waals surface area contributed by atoms with Gasteiger partial charge in [0.05, 0.1) is 11.8 Å². The molecule has 0 aliphatic carbocycles. The van der Waals surface area contributed by atoms with Crippen molar-refractivity contribution in [3.8, 4) is 0 Å². The van der Waals surface area contributed by atoms with Crippen LogP contribution in [-0.4, -0.2) is 15.9 Å². The van der Waals surface area contributed by atoms with E-state index >= 15 is 0 Å². The minimum atomic E-state index is -4.89. The molecule has 0 saturated carbocycles. The lowest BCUT2D eigenvalue weighted by Crippen LogP contribution is -2.24. The summed E-state index contributed by atoms with van der Waals surface area (Å²) in [5.74, 6) is -0.907. The van der Waals surface area contributed by atoms with E-state index in [1.807, 2.05) is 0 Å². The second-order valence-corrected chi connectivity index (χ2v) is 4.48. The van der Waals surface area contributed by atoms with Crippen molar-refractivity contribution in [2.75, 3.05) is 5.73 Å². The van der Waals surface area contributed by atoms with Crippen LogP contribution in [0.5, 0.6) is 0 Å². The van der Waals surface area contributed by atoms with E-state index < -0.39 is 40.7 Å². The zero-order valence-electron chi connectivity index (χ0n) is 11.6. The molecule has 5 nitrogen and oxygen atoms in total. The van der Waals surface area contributed by atoms with Crippen LogP contribution < -0.4 is 11.3 Å². The summed E-state index contributed by atoms with van der Waals surface area (Å²) in [6.45, 7) is 0. The van der Waals surface area contributed by atoms with Gasteiger partial charge in [-0.1, -0.05) is 18.2 Å². The number of hydrogen-bond acceptors (Lipinski definition) is 4. The first kappa shape index (κ1) is 17.5. The van der Waals surface area contributed by atoms with Crippen molar-refractivity contribution in [2.45, 2.75) is 12.4 Å². The van der Waals surface area contributed by atoms with E-state index in [4.69, 9.17) is 5.73 Å². The predicted octanol–water partition coefficient (Wildman–Crippen LogP) is 2.75. The Balaban J connectivity index is 2.47.